The lowest BCUT2D eigenvalue weighted by atomic mass is 9.78. The van der Waals surface area contributed by atoms with Crippen LogP contribution in [0.4, 0.5) is 0 Å². The van der Waals surface area contributed by atoms with Crippen molar-refractivity contribution in [2.45, 2.75) is 241 Å². The number of aliphatic carboxylic acids is 1. The molecule has 0 aromatic carbocycles. The van der Waals surface area contributed by atoms with Crippen molar-refractivity contribution in [3.8, 4) is 0 Å². The van der Waals surface area contributed by atoms with E-state index in [0.717, 1.165) is 83.7 Å². The van der Waals surface area contributed by atoms with Crippen LogP contribution >= 0.6 is 0 Å². The summed E-state index contributed by atoms with van der Waals surface area (Å²) >= 11 is 0. The fourth-order valence-corrected chi connectivity index (χ4v) is 7.89. The average Bonchev–Trinajstić information content (AvgIpc) is 3.31. The van der Waals surface area contributed by atoms with Crippen molar-refractivity contribution in [1.82, 2.24) is 16.0 Å². The molecule has 3 aliphatic carbocycles. The third-order valence-electron chi connectivity index (χ3n) is 11.4. The van der Waals surface area contributed by atoms with E-state index in [1.807, 2.05) is 27.7 Å². The van der Waals surface area contributed by atoms with Gasteiger partial charge in [-0.15, -0.1) is 0 Å². The van der Waals surface area contributed by atoms with Crippen LogP contribution in [0.3, 0.4) is 0 Å². The molecule has 0 spiro atoms. The van der Waals surface area contributed by atoms with Crippen LogP contribution in [0.1, 0.15) is 241 Å². The molecule has 0 saturated heterocycles. The fraction of sp³-hybridized carbons (Fsp3) is 0.880. The molecule has 0 aromatic heterocycles. The van der Waals surface area contributed by atoms with Crippen molar-refractivity contribution in [3.05, 3.63) is 0 Å². The Bertz CT molecular complexity index is 996. The number of nitrogens with one attached hydrogen (secondary N) is 3. The standard InChI is InChI=1S/C16H29NO3.C15H29NO.C13H25NO.2C2H6.2CH2O2/c1-2-3-4-5-6-9-12-17-15(18)13-10-7-8-11-14(13)16(19)20;1-2-3-4-5-6-10-13-16-15(17)14-11-8-7-9-12-14;1-2-3-4-8-11-14-13(15)12-9-6-5-7-10-12;2*1-2;2*2-1-3/h13-14H,2-12H2,1H3,(H,17,18)(H,19,20);14H,2-13H2,1H3,(H,16,17);12H,2-11H2,1H3,(H,14,15);2*1-2H3;2*1H,(H,2,3)/t13-,14?;;;;;;/m0....../s1. The molecule has 12 heteroatoms. The zero-order chi connectivity index (χ0) is 47.5. The van der Waals surface area contributed by atoms with E-state index in [1.165, 1.54) is 116 Å². The summed E-state index contributed by atoms with van der Waals surface area (Å²) in [5, 5.41) is 32.0. The second kappa shape index (κ2) is 54.0. The van der Waals surface area contributed by atoms with E-state index in [2.05, 4.69) is 36.7 Å². The van der Waals surface area contributed by atoms with Gasteiger partial charge in [0, 0.05) is 31.5 Å². The predicted molar refractivity (Wildman–Crippen MR) is 256 cm³/mol. The van der Waals surface area contributed by atoms with Gasteiger partial charge in [0.05, 0.1) is 11.8 Å². The first-order valence-electron chi connectivity index (χ1n) is 25.4. The highest BCUT2D eigenvalue weighted by atomic mass is 16.4. The zero-order valence-electron chi connectivity index (χ0n) is 41.1. The minimum absolute atomic E-state index is 0.0503. The molecular formula is C50H99N3O9. The summed E-state index contributed by atoms with van der Waals surface area (Å²) in [6, 6.07) is 0. The predicted octanol–water partition coefficient (Wildman–Crippen LogP) is 12.1. The lowest BCUT2D eigenvalue weighted by Crippen LogP contribution is -2.40. The van der Waals surface area contributed by atoms with Crippen molar-refractivity contribution < 1.29 is 44.1 Å². The average molecular weight is 886 g/mol. The van der Waals surface area contributed by atoms with Crippen LogP contribution in [-0.4, -0.2) is 71.6 Å². The maximum Gasteiger partial charge on any atom is 0.307 e. The molecule has 1 unspecified atom stereocenters. The quantitative estimate of drug-likeness (QED) is 0.0427. The van der Waals surface area contributed by atoms with E-state index in [0.29, 0.717) is 36.6 Å². The molecule has 6 N–H and O–H groups in total. The van der Waals surface area contributed by atoms with Crippen molar-refractivity contribution in [2.75, 3.05) is 19.6 Å². The van der Waals surface area contributed by atoms with Crippen LogP contribution in [0.2, 0.25) is 0 Å². The molecule has 368 valence electrons. The highest BCUT2D eigenvalue weighted by Crippen LogP contribution is 2.30. The van der Waals surface area contributed by atoms with Gasteiger partial charge in [0.25, 0.3) is 12.9 Å². The van der Waals surface area contributed by atoms with Crippen LogP contribution in [0.25, 0.3) is 0 Å². The first kappa shape index (κ1) is 65.4. The molecule has 0 heterocycles. The number of amides is 3. The summed E-state index contributed by atoms with van der Waals surface area (Å²) in [6.07, 6.45) is 35.2. The summed E-state index contributed by atoms with van der Waals surface area (Å²) in [7, 11) is 0. The highest BCUT2D eigenvalue weighted by Gasteiger charge is 2.35. The van der Waals surface area contributed by atoms with Crippen LogP contribution in [0.15, 0.2) is 0 Å². The molecule has 0 aromatic rings. The van der Waals surface area contributed by atoms with Gasteiger partial charge in [0.1, 0.15) is 0 Å². The maximum atomic E-state index is 12.1. The van der Waals surface area contributed by atoms with Crippen LogP contribution in [0, 0.1) is 23.7 Å². The molecule has 3 aliphatic rings. The van der Waals surface area contributed by atoms with Gasteiger partial charge in [-0.05, 0) is 57.8 Å². The van der Waals surface area contributed by atoms with Gasteiger partial charge in [-0.1, -0.05) is 183 Å². The van der Waals surface area contributed by atoms with E-state index in [4.69, 9.17) is 24.9 Å². The number of carbonyl (C=O) groups excluding carboxylic acids is 3. The minimum Gasteiger partial charge on any atom is -0.483 e. The van der Waals surface area contributed by atoms with Crippen molar-refractivity contribution >= 4 is 36.6 Å². The summed E-state index contributed by atoms with van der Waals surface area (Å²) in [5.74, 6) is -0.386. The van der Waals surface area contributed by atoms with Gasteiger partial charge in [0.15, 0.2) is 0 Å². The summed E-state index contributed by atoms with van der Waals surface area (Å²) in [4.78, 5) is 63.5. The van der Waals surface area contributed by atoms with E-state index in [9.17, 15) is 19.2 Å². The molecule has 62 heavy (non-hydrogen) atoms. The summed E-state index contributed by atoms with van der Waals surface area (Å²) < 4.78 is 0. The lowest BCUT2D eigenvalue weighted by Gasteiger charge is -2.27. The monoisotopic (exact) mass is 886 g/mol. The number of carboxylic acid groups (broad SMARTS) is 3. The highest BCUT2D eigenvalue weighted by molar-refractivity contribution is 5.84. The molecule has 2 atom stereocenters. The van der Waals surface area contributed by atoms with Crippen LogP contribution < -0.4 is 16.0 Å². The molecule has 3 saturated carbocycles. The number of rotatable bonds is 23. The SMILES string of the molecule is CC.CC.CCCCCCCCNC(=O)C1CCCCC1.CCCCCCCCNC(=O)[C@H]1CCCCC1C(=O)O.CCCCCCNC(=O)C1CCCCC1.O=CO.O=CO. The Morgan fingerprint density at radius 3 is 1.00 bits per heavy atom. The third kappa shape index (κ3) is 42.1. The van der Waals surface area contributed by atoms with Crippen molar-refractivity contribution in [1.29, 1.82) is 0 Å². The number of carboxylic acids is 1. The molecule has 0 bridgehead atoms. The van der Waals surface area contributed by atoms with E-state index < -0.39 is 11.9 Å². The van der Waals surface area contributed by atoms with E-state index >= 15 is 0 Å². The molecule has 3 fully saturated rings. The second-order valence-corrected chi connectivity index (χ2v) is 16.2. The van der Waals surface area contributed by atoms with Gasteiger partial charge < -0.3 is 31.3 Å². The molecule has 0 aliphatic heterocycles. The fourth-order valence-electron chi connectivity index (χ4n) is 7.89. The Balaban J connectivity index is -0.000000370. The Labute approximate surface area is 380 Å². The number of hydrogen-bond acceptors (Lipinski definition) is 6. The lowest BCUT2D eigenvalue weighted by molar-refractivity contribution is -0.148. The maximum absolute atomic E-state index is 12.1. The van der Waals surface area contributed by atoms with E-state index in [-0.39, 0.29) is 24.8 Å². The largest absolute Gasteiger partial charge is 0.483 e. The minimum atomic E-state index is -0.815. The van der Waals surface area contributed by atoms with Gasteiger partial charge in [-0.3, -0.25) is 28.8 Å². The molecule has 12 nitrogen and oxygen atoms in total. The van der Waals surface area contributed by atoms with Crippen LogP contribution in [-0.2, 0) is 28.8 Å². The number of unbranched alkanes of at least 4 members (excludes halogenated alkanes) is 13. The Morgan fingerprint density at radius 1 is 0.419 bits per heavy atom. The van der Waals surface area contributed by atoms with Crippen molar-refractivity contribution in [2.24, 2.45) is 23.7 Å². The molecule has 3 rings (SSSR count). The zero-order valence-corrected chi connectivity index (χ0v) is 41.1. The summed E-state index contributed by atoms with van der Waals surface area (Å²) in [6.45, 7) is 16.6. The van der Waals surface area contributed by atoms with E-state index in [1.54, 1.807) is 0 Å². The second-order valence-electron chi connectivity index (χ2n) is 16.2. The van der Waals surface area contributed by atoms with Gasteiger partial charge in [-0.2, -0.15) is 0 Å². The molecule has 3 amide bonds. The normalized spacial score (nSPS) is 16.8. The Kier molecular flexibility index (Phi) is 56.9. The molecular weight excluding hydrogens is 787 g/mol. The van der Waals surface area contributed by atoms with Gasteiger partial charge in [-0.25, -0.2) is 0 Å². The number of carbonyl (C=O) groups is 6. The number of hydrogen-bond donors (Lipinski definition) is 6. The smallest absolute Gasteiger partial charge is 0.307 e. The first-order chi connectivity index (χ1) is 30.2. The first-order valence-corrected chi connectivity index (χ1v) is 25.4. The van der Waals surface area contributed by atoms with Crippen LogP contribution in [0.5, 0.6) is 0 Å². The van der Waals surface area contributed by atoms with Crippen molar-refractivity contribution in [3.63, 3.8) is 0 Å². The van der Waals surface area contributed by atoms with Gasteiger partial charge >= 0.3 is 5.97 Å². The Hall–Kier alpha value is -3.18. The molecule has 0 radical (unpaired) electrons. The Morgan fingerprint density at radius 2 is 0.677 bits per heavy atom. The summed E-state index contributed by atoms with van der Waals surface area (Å²) in [5.41, 5.74) is 0. The third-order valence-corrected chi connectivity index (χ3v) is 11.4. The van der Waals surface area contributed by atoms with Gasteiger partial charge in [0.2, 0.25) is 17.7 Å². The topological polar surface area (TPSA) is 199 Å².